The molecule has 1 atom stereocenters. The molecule has 0 saturated heterocycles. The van der Waals surface area contributed by atoms with Crippen molar-refractivity contribution in [1.29, 1.82) is 0 Å². The minimum absolute atomic E-state index is 0.144. The van der Waals surface area contributed by atoms with Gasteiger partial charge >= 0.3 is 0 Å². The van der Waals surface area contributed by atoms with E-state index in [0.717, 1.165) is 5.56 Å². The molecule has 1 heterocycles. The summed E-state index contributed by atoms with van der Waals surface area (Å²) in [5, 5.41) is 0.615. The summed E-state index contributed by atoms with van der Waals surface area (Å²) in [6.07, 6.45) is 0. The smallest absolute Gasteiger partial charge is 0.240 e. The Balaban J connectivity index is 1.78. The Morgan fingerprint density at radius 3 is 2.54 bits per heavy atom. The standard InChI is InChI=1S/C18H21ClN2O4S/c1-21(2)16(13-4-3-5-14(19)10-13)12-20-26(22,23)15-6-7-17-18(11-15)25-9-8-24-17/h3-7,10-11,16,20H,8-9,12H2,1-2H3/t16-/m1/s1. The van der Waals surface area contributed by atoms with Crippen molar-refractivity contribution in [1.82, 2.24) is 9.62 Å². The fourth-order valence-electron chi connectivity index (χ4n) is 2.78. The Hall–Kier alpha value is -1.80. The van der Waals surface area contributed by atoms with Crippen LogP contribution in [0.15, 0.2) is 47.4 Å². The Morgan fingerprint density at radius 2 is 1.85 bits per heavy atom. The van der Waals surface area contributed by atoms with E-state index < -0.39 is 10.0 Å². The molecule has 140 valence electrons. The van der Waals surface area contributed by atoms with Gasteiger partial charge in [0.05, 0.1) is 4.90 Å². The average Bonchev–Trinajstić information content (AvgIpc) is 2.61. The second-order valence-electron chi connectivity index (χ2n) is 6.19. The Kier molecular flexibility index (Phi) is 5.72. The number of nitrogens with one attached hydrogen (secondary N) is 1. The topological polar surface area (TPSA) is 67.9 Å². The maximum atomic E-state index is 12.7. The van der Waals surface area contributed by atoms with E-state index in [4.69, 9.17) is 21.1 Å². The number of likely N-dealkylation sites (N-methyl/N-ethyl adjacent to an activating group) is 1. The van der Waals surface area contributed by atoms with Crippen molar-refractivity contribution in [2.75, 3.05) is 33.9 Å². The highest BCUT2D eigenvalue weighted by Crippen LogP contribution is 2.32. The predicted octanol–water partition coefficient (Wildman–Crippen LogP) is 2.69. The summed E-state index contributed by atoms with van der Waals surface area (Å²) in [5.74, 6) is 0.999. The third-order valence-corrected chi connectivity index (χ3v) is 5.80. The molecule has 0 spiro atoms. The van der Waals surface area contributed by atoms with E-state index >= 15 is 0 Å². The highest BCUT2D eigenvalue weighted by Gasteiger charge is 2.22. The minimum Gasteiger partial charge on any atom is -0.486 e. The summed E-state index contributed by atoms with van der Waals surface area (Å²) in [4.78, 5) is 2.09. The van der Waals surface area contributed by atoms with Crippen LogP contribution in [0.4, 0.5) is 0 Å². The zero-order chi connectivity index (χ0) is 18.7. The number of hydrogen-bond donors (Lipinski definition) is 1. The van der Waals surface area contributed by atoms with Gasteiger partial charge in [0.1, 0.15) is 13.2 Å². The van der Waals surface area contributed by atoms with Gasteiger partial charge in [-0.05, 0) is 43.9 Å². The molecule has 0 saturated carbocycles. The van der Waals surface area contributed by atoms with Gasteiger partial charge in [0.15, 0.2) is 11.5 Å². The number of nitrogens with zero attached hydrogens (tertiary/aromatic N) is 1. The van der Waals surface area contributed by atoms with Gasteiger partial charge in [-0.1, -0.05) is 23.7 Å². The lowest BCUT2D eigenvalue weighted by Gasteiger charge is -2.25. The van der Waals surface area contributed by atoms with Crippen LogP contribution in [0.5, 0.6) is 11.5 Å². The van der Waals surface area contributed by atoms with Crippen LogP contribution in [-0.4, -0.2) is 47.2 Å². The van der Waals surface area contributed by atoms with E-state index in [-0.39, 0.29) is 17.5 Å². The van der Waals surface area contributed by atoms with E-state index in [1.54, 1.807) is 12.1 Å². The first-order valence-electron chi connectivity index (χ1n) is 8.18. The SMILES string of the molecule is CN(C)[C@H](CNS(=O)(=O)c1ccc2c(c1)OCCO2)c1cccc(Cl)c1. The normalized spacial score (nSPS) is 15.1. The molecule has 3 rings (SSSR count). The van der Waals surface area contributed by atoms with Crippen molar-refractivity contribution >= 4 is 21.6 Å². The van der Waals surface area contributed by atoms with Gasteiger partial charge in [-0.15, -0.1) is 0 Å². The van der Waals surface area contributed by atoms with Crippen LogP contribution in [-0.2, 0) is 10.0 Å². The molecule has 6 nitrogen and oxygen atoms in total. The second kappa shape index (κ2) is 7.84. The Bertz CT molecular complexity index is 887. The number of fused-ring (bicyclic) bond motifs is 1. The molecule has 0 fully saturated rings. The molecule has 2 aromatic rings. The number of sulfonamides is 1. The fraction of sp³-hybridized carbons (Fsp3) is 0.333. The van der Waals surface area contributed by atoms with Crippen LogP contribution in [0.25, 0.3) is 0 Å². The monoisotopic (exact) mass is 396 g/mol. The minimum atomic E-state index is -3.69. The molecular formula is C18H21ClN2O4S. The second-order valence-corrected chi connectivity index (χ2v) is 8.40. The van der Waals surface area contributed by atoms with Crippen LogP contribution in [0.1, 0.15) is 11.6 Å². The van der Waals surface area contributed by atoms with Crippen molar-refractivity contribution in [3.05, 3.63) is 53.1 Å². The summed E-state index contributed by atoms with van der Waals surface area (Å²) in [6, 6.07) is 11.9. The lowest BCUT2D eigenvalue weighted by atomic mass is 10.1. The number of halogens is 1. The first-order chi connectivity index (χ1) is 12.4. The van der Waals surface area contributed by atoms with Gasteiger partial charge in [0.2, 0.25) is 10.0 Å². The Morgan fingerprint density at radius 1 is 1.12 bits per heavy atom. The fourth-order valence-corrected chi connectivity index (χ4v) is 4.03. The van der Waals surface area contributed by atoms with Crippen LogP contribution in [0, 0.1) is 0 Å². The van der Waals surface area contributed by atoms with Crippen molar-refractivity contribution in [2.45, 2.75) is 10.9 Å². The average molecular weight is 397 g/mol. The molecule has 1 N–H and O–H groups in total. The molecule has 2 aromatic carbocycles. The molecule has 1 aliphatic heterocycles. The zero-order valence-corrected chi connectivity index (χ0v) is 16.2. The largest absolute Gasteiger partial charge is 0.486 e. The third kappa shape index (κ3) is 4.29. The molecule has 0 radical (unpaired) electrons. The van der Waals surface area contributed by atoms with Gasteiger partial charge in [-0.2, -0.15) is 0 Å². The van der Waals surface area contributed by atoms with Crippen molar-refractivity contribution in [2.24, 2.45) is 0 Å². The van der Waals surface area contributed by atoms with Crippen LogP contribution >= 0.6 is 11.6 Å². The molecule has 26 heavy (non-hydrogen) atoms. The number of benzene rings is 2. The lowest BCUT2D eigenvalue weighted by molar-refractivity contribution is 0.171. The van der Waals surface area contributed by atoms with E-state index in [9.17, 15) is 8.42 Å². The van der Waals surface area contributed by atoms with Gasteiger partial charge in [-0.3, -0.25) is 0 Å². The quantitative estimate of drug-likeness (QED) is 0.813. The van der Waals surface area contributed by atoms with Crippen molar-refractivity contribution in [3.63, 3.8) is 0 Å². The maximum Gasteiger partial charge on any atom is 0.240 e. The summed E-state index contributed by atoms with van der Waals surface area (Å²) in [6.45, 7) is 1.08. The zero-order valence-electron chi connectivity index (χ0n) is 14.6. The molecule has 0 aliphatic carbocycles. The number of ether oxygens (including phenoxy) is 2. The first-order valence-corrected chi connectivity index (χ1v) is 10.0. The summed E-state index contributed by atoms with van der Waals surface area (Å²) in [7, 11) is 0.0999. The maximum absolute atomic E-state index is 12.7. The lowest BCUT2D eigenvalue weighted by Crippen LogP contribution is -2.34. The van der Waals surface area contributed by atoms with Gasteiger partial charge in [0, 0.05) is 23.7 Å². The van der Waals surface area contributed by atoms with Crippen LogP contribution in [0.3, 0.4) is 0 Å². The van der Waals surface area contributed by atoms with Gasteiger partial charge < -0.3 is 14.4 Å². The highest BCUT2D eigenvalue weighted by atomic mass is 35.5. The summed E-state index contributed by atoms with van der Waals surface area (Å²) in [5.41, 5.74) is 0.937. The van der Waals surface area contributed by atoms with Crippen LogP contribution in [0.2, 0.25) is 5.02 Å². The summed E-state index contributed by atoms with van der Waals surface area (Å²) < 4.78 is 39.0. The molecule has 8 heteroatoms. The number of rotatable bonds is 6. The molecule has 1 aliphatic rings. The summed E-state index contributed by atoms with van der Waals surface area (Å²) >= 11 is 6.06. The van der Waals surface area contributed by atoms with Gasteiger partial charge in [-0.25, -0.2) is 13.1 Å². The molecule has 0 bridgehead atoms. The third-order valence-electron chi connectivity index (χ3n) is 4.15. The van der Waals surface area contributed by atoms with Crippen LogP contribution < -0.4 is 14.2 Å². The Labute approximate surface area is 158 Å². The predicted molar refractivity (Wildman–Crippen MR) is 101 cm³/mol. The molecule has 0 unspecified atom stereocenters. The van der Waals surface area contributed by atoms with Crippen molar-refractivity contribution in [3.8, 4) is 11.5 Å². The van der Waals surface area contributed by atoms with E-state index in [1.807, 2.05) is 37.2 Å². The highest BCUT2D eigenvalue weighted by molar-refractivity contribution is 7.89. The van der Waals surface area contributed by atoms with E-state index in [1.165, 1.54) is 12.1 Å². The van der Waals surface area contributed by atoms with Crippen molar-refractivity contribution < 1.29 is 17.9 Å². The molecular weight excluding hydrogens is 376 g/mol. The van der Waals surface area contributed by atoms with Gasteiger partial charge in [0.25, 0.3) is 0 Å². The molecule has 0 aromatic heterocycles. The molecule has 0 amide bonds. The first kappa shape index (κ1) is 19.0. The number of hydrogen-bond acceptors (Lipinski definition) is 5. The van der Waals surface area contributed by atoms with E-state index in [0.29, 0.717) is 29.7 Å². The van der Waals surface area contributed by atoms with E-state index in [2.05, 4.69) is 4.72 Å².